The smallest absolute Gasteiger partial charge is 0.379 e. The first kappa shape index (κ1) is 16.1. The number of rotatable bonds is 5. The number of nitrogens with zero attached hydrogens (tertiary/aromatic N) is 1. The summed E-state index contributed by atoms with van der Waals surface area (Å²) >= 11 is 0. The summed E-state index contributed by atoms with van der Waals surface area (Å²) in [5.74, 6) is -6.14. The molecule has 1 fully saturated rings. The molecule has 0 spiro atoms. The lowest BCUT2D eigenvalue weighted by atomic mass is 10.2. The molecule has 1 saturated heterocycles. The molecule has 1 aliphatic rings. The van der Waals surface area contributed by atoms with Gasteiger partial charge in [0.25, 0.3) is 5.91 Å². The van der Waals surface area contributed by atoms with Crippen LogP contribution in [0.5, 0.6) is 0 Å². The van der Waals surface area contributed by atoms with E-state index in [9.17, 15) is 22.4 Å². The zero-order valence-corrected chi connectivity index (χ0v) is 10.4. The molecule has 0 aromatic carbocycles. The average molecular weight is 288 g/mol. The van der Waals surface area contributed by atoms with Crippen LogP contribution in [0.2, 0.25) is 0 Å². The normalized spacial score (nSPS) is 20.9. The monoisotopic (exact) mass is 288 g/mol. The summed E-state index contributed by atoms with van der Waals surface area (Å²) in [4.78, 5) is 13.1. The number of alkyl halides is 4. The minimum Gasteiger partial charge on any atom is -0.379 e. The van der Waals surface area contributed by atoms with Crippen molar-refractivity contribution < 1.29 is 31.8 Å². The van der Waals surface area contributed by atoms with E-state index in [4.69, 9.17) is 4.74 Å². The van der Waals surface area contributed by atoms with E-state index < -0.39 is 17.9 Å². The summed E-state index contributed by atoms with van der Waals surface area (Å²) in [5.41, 5.74) is 0. The molecule has 1 N–H and O–H groups in total. The molecule has 0 saturated carbocycles. The molecular formula is C10H16F4N2O3. The highest BCUT2D eigenvalue weighted by molar-refractivity contribution is 5.84. The van der Waals surface area contributed by atoms with Crippen molar-refractivity contribution in [1.82, 2.24) is 10.2 Å². The van der Waals surface area contributed by atoms with Crippen molar-refractivity contribution in [3.05, 3.63) is 0 Å². The summed E-state index contributed by atoms with van der Waals surface area (Å²) in [6.07, 6.45) is -5.41. The Morgan fingerprint density at radius 2 is 1.89 bits per heavy atom. The SMILES string of the molecule is CO[C@](F)(C(=O)NCCN1CCOCC1)C(F)(F)F. The van der Waals surface area contributed by atoms with Crippen molar-refractivity contribution in [3.8, 4) is 0 Å². The van der Waals surface area contributed by atoms with Crippen molar-refractivity contribution in [2.45, 2.75) is 12.0 Å². The number of amides is 1. The van der Waals surface area contributed by atoms with Crippen molar-refractivity contribution in [1.29, 1.82) is 0 Å². The van der Waals surface area contributed by atoms with Crippen LogP contribution < -0.4 is 5.32 Å². The van der Waals surface area contributed by atoms with E-state index in [1.165, 1.54) is 0 Å². The topological polar surface area (TPSA) is 50.8 Å². The molecule has 5 nitrogen and oxygen atoms in total. The highest BCUT2D eigenvalue weighted by Crippen LogP contribution is 2.34. The quantitative estimate of drug-likeness (QED) is 0.740. The number of hydrogen-bond acceptors (Lipinski definition) is 4. The zero-order chi connectivity index (χ0) is 14.5. The third-order valence-corrected chi connectivity index (χ3v) is 2.76. The lowest BCUT2D eigenvalue weighted by molar-refractivity contribution is -0.307. The minimum atomic E-state index is -5.41. The summed E-state index contributed by atoms with van der Waals surface area (Å²) in [6.45, 7) is 2.54. The number of carbonyl (C=O) groups excluding carboxylic acids is 1. The van der Waals surface area contributed by atoms with Gasteiger partial charge in [-0.25, -0.2) is 0 Å². The highest BCUT2D eigenvalue weighted by atomic mass is 19.4. The van der Waals surface area contributed by atoms with Crippen LogP contribution in [-0.2, 0) is 14.3 Å². The second-order valence-corrected chi connectivity index (χ2v) is 4.01. The first-order valence-electron chi connectivity index (χ1n) is 5.70. The Bertz CT molecular complexity index is 308. The van der Waals surface area contributed by atoms with Gasteiger partial charge in [0, 0.05) is 33.3 Å². The van der Waals surface area contributed by atoms with E-state index in [0.717, 1.165) is 0 Å². The number of nitrogens with one attached hydrogen (secondary N) is 1. The van der Waals surface area contributed by atoms with Gasteiger partial charge >= 0.3 is 12.0 Å². The second kappa shape index (κ2) is 6.49. The Hall–Kier alpha value is -0.930. The maximum atomic E-state index is 13.4. The number of carbonyl (C=O) groups is 1. The van der Waals surface area contributed by atoms with Crippen LogP contribution in [0.15, 0.2) is 0 Å². The fourth-order valence-corrected chi connectivity index (χ4v) is 1.60. The van der Waals surface area contributed by atoms with Crippen molar-refractivity contribution in [3.63, 3.8) is 0 Å². The summed E-state index contributed by atoms with van der Waals surface area (Å²) in [6, 6.07) is 0. The number of ether oxygens (including phenoxy) is 2. The van der Waals surface area contributed by atoms with Gasteiger partial charge in [0.1, 0.15) is 0 Å². The molecule has 112 valence electrons. The predicted octanol–water partition coefficient (Wildman–Crippen LogP) is 0.309. The predicted molar refractivity (Wildman–Crippen MR) is 57.2 cm³/mol. The van der Waals surface area contributed by atoms with Crippen LogP contribution in [0.1, 0.15) is 0 Å². The highest BCUT2D eigenvalue weighted by Gasteiger charge is 2.63. The molecule has 0 bridgehead atoms. The number of methoxy groups -OCH3 is 1. The largest absolute Gasteiger partial charge is 0.458 e. The molecule has 0 aromatic rings. The molecular weight excluding hydrogens is 272 g/mol. The standard InChI is InChI=1S/C10H16F4N2O3/c1-18-9(11,10(12,13)14)8(17)15-2-3-16-4-6-19-7-5-16/h2-7H2,1H3,(H,15,17)/t9-/m1/s1. The summed E-state index contributed by atoms with van der Waals surface area (Å²) in [7, 11) is 0.495. The number of morpholine rings is 1. The van der Waals surface area contributed by atoms with Crippen molar-refractivity contribution in [2.24, 2.45) is 0 Å². The molecule has 0 aromatic heterocycles. The second-order valence-electron chi connectivity index (χ2n) is 4.01. The van der Waals surface area contributed by atoms with E-state index in [1.54, 1.807) is 0 Å². The van der Waals surface area contributed by atoms with Gasteiger partial charge < -0.3 is 14.8 Å². The van der Waals surface area contributed by atoms with Gasteiger partial charge in [-0.1, -0.05) is 0 Å². The van der Waals surface area contributed by atoms with Crippen molar-refractivity contribution in [2.75, 3.05) is 46.5 Å². The first-order valence-corrected chi connectivity index (χ1v) is 5.70. The minimum absolute atomic E-state index is 0.0933. The van der Waals surface area contributed by atoms with Gasteiger partial charge in [-0.2, -0.15) is 17.6 Å². The van der Waals surface area contributed by atoms with E-state index >= 15 is 0 Å². The molecule has 0 radical (unpaired) electrons. The van der Waals surface area contributed by atoms with E-state index in [2.05, 4.69) is 4.74 Å². The van der Waals surface area contributed by atoms with Gasteiger partial charge in [0.2, 0.25) is 0 Å². The van der Waals surface area contributed by atoms with Crippen LogP contribution in [0.3, 0.4) is 0 Å². The van der Waals surface area contributed by atoms with Crippen LogP contribution in [-0.4, -0.2) is 69.3 Å². The fourth-order valence-electron chi connectivity index (χ4n) is 1.60. The molecule has 1 heterocycles. The summed E-state index contributed by atoms with van der Waals surface area (Å²) in [5, 5.41) is 1.89. The lowest BCUT2D eigenvalue weighted by Crippen LogP contribution is -2.56. The van der Waals surface area contributed by atoms with E-state index in [1.807, 2.05) is 10.2 Å². The van der Waals surface area contributed by atoms with Gasteiger partial charge in [-0.15, -0.1) is 0 Å². The van der Waals surface area contributed by atoms with Crippen LogP contribution in [0.25, 0.3) is 0 Å². The molecule has 1 rings (SSSR count). The maximum absolute atomic E-state index is 13.4. The average Bonchev–Trinajstić information content (AvgIpc) is 2.37. The maximum Gasteiger partial charge on any atom is 0.458 e. The van der Waals surface area contributed by atoms with Gasteiger partial charge in [0.15, 0.2) is 0 Å². The van der Waals surface area contributed by atoms with Crippen molar-refractivity contribution >= 4 is 5.91 Å². The molecule has 9 heteroatoms. The third-order valence-electron chi connectivity index (χ3n) is 2.76. The Morgan fingerprint density at radius 1 is 1.32 bits per heavy atom. The van der Waals surface area contributed by atoms with Gasteiger partial charge in [0.05, 0.1) is 13.2 Å². The molecule has 0 unspecified atom stereocenters. The Labute approximate surface area is 107 Å². The van der Waals surface area contributed by atoms with Gasteiger partial charge in [-0.3, -0.25) is 9.69 Å². The molecule has 1 amide bonds. The Balaban J connectivity index is 2.41. The molecule has 0 aliphatic carbocycles. The summed E-state index contributed by atoms with van der Waals surface area (Å²) < 4.78 is 59.2. The molecule has 19 heavy (non-hydrogen) atoms. The number of hydrogen-bond donors (Lipinski definition) is 1. The number of halogens is 4. The lowest BCUT2D eigenvalue weighted by Gasteiger charge is -2.28. The first-order chi connectivity index (χ1) is 8.81. The zero-order valence-electron chi connectivity index (χ0n) is 10.4. The third kappa shape index (κ3) is 4.02. The van der Waals surface area contributed by atoms with Gasteiger partial charge in [-0.05, 0) is 0 Å². The van der Waals surface area contributed by atoms with E-state index in [0.29, 0.717) is 40.0 Å². The van der Waals surface area contributed by atoms with Crippen LogP contribution in [0, 0.1) is 0 Å². The molecule has 1 atom stereocenters. The Kier molecular flexibility index (Phi) is 5.50. The Morgan fingerprint density at radius 3 is 2.37 bits per heavy atom. The van der Waals surface area contributed by atoms with Crippen LogP contribution in [0.4, 0.5) is 17.6 Å². The van der Waals surface area contributed by atoms with Crippen LogP contribution >= 0.6 is 0 Å². The van der Waals surface area contributed by atoms with E-state index in [-0.39, 0.29) is 6.54 Å². The molecule has 1 aliphatic heterocycles. The fraction of sp³-hybridized carbons (Fsp3) is 0.900.